The molecule has 0 spiro atoms. The Hall–Kier alpha value is -0.960. The van der Waals surface area contributed by atoms with Crippen LogP contribution in [0.5, 0.6) is 0 Å². The van der Waals surface area contributed by atoms with E-state index in [-0.39, 0.29) is 11.7 Å². The van der Waals surface area contributed by atoms with Gasteiger partial charge in [-0.25, -0.2) is 0 Å². The molecule has 0 aliphatic rings. The molecule has 0 radical (unpaired) electrons. The Morgan fingerprint density at radius 1 is 1.28 bits per heavy atom. The third-order valence-electron chi connectivity index (χ3n) is 2.86. The summed E-state index contributed by atoms with van der Waals surface area (Å²) in [5.74, 6) is -0.641. The lowest BCUT2D eigenvalue weighted by Crippen LogP contribution is -2.15. The molecule has 0 saturated carbocycles. The SMILES string of the molecule is C[C@H](CCCc1ccccc1)C(=O)CP(=O)(O)O. The Balaban J connectivity index is 2.31. The summed E-state index contributed by atoms with van der Waals surface area (Å²) in [5, 5.41) is 0. The molecule has 1 atom stereocenters. The molecule has 0 aromatic heterocycles. The minimum atomic E-state index is -4.22. The molecule has 2 N–H and O–H groups in total. The maximum absolute atomic E-state index is 11.5. The molecule has 4 nitrogen and oxygen atoms in total. The van der Waals surface area contributed by atoms with Crippen LogP contribution in [0.1, 0.15) is 25.3 Å². The summed E-state index contributed by atoms with van der Waals surface area (Å²) in [4.78, 5) is 29.0. The van der Waals surface area contributed by atoms with Gasteiger partial charge in [-0.1, -0.05) is 37.3 Å². The van der Waals surface area contributed by atoms with Gasteiger partial charge in [0, 0.05) is 5.92 Å². The predicted molar refractivity (Wildman–Crippen MR) is 70.5 cm³/mol. The third kappa shape index (κ3) is 6.10. The van der Waals surface area contributed by atoms with Gasteiger partial charge in [-0.2, -0.15) is 0 Å². The molecule has 0 aliphatic heterocycles. The summed E-state index contributed by atoms with van der Waals surface area (Å²) in [6.07, 6.45) is 1.75. The molecule has 0 unspecified atom stereocenters. The maximum Gasteiger partial charge on any atom is 0.332 e. The largest absolute Gasteiger partial charge is 0.332 e. The van der Waals surface area contributed by atoms with Gasteiger partial charge in [0.25, 0.3) is 0 Å². The van der Waals surface area contributed by atoms with E-state index in [1.165, 1.54) is 5.56 Å². The second-order valence-electron chi connectivity index (χ2n) is 4.57. The maximum atomic E-state index is 11.5. The van der Waals surface area contributed by atoms with Crippen molar-refractivity contribution in [2.45, 2.75) is 26.2 Å². The molecule has 0 fully saturated rings. The zero-order valence-electron chi connectivity index (χ0n) is 10.5. The van der Waals surface area contributed by atoms with Gasteiger partial charge < -0.3 is 9.79 Å². The number of rotatable bonds is 7. The van der Waals surface area contributed by atoms with Gasteiger partial charge in [0.2, 0.25) is 0 Å². The van der Waals surface area contributed by atoms with Crippen molar-refractivity contribution in [1.29, 1.82) is 0 Å². The normalized spacial score (nSPS) is 13.3. The molecule has 18 heavy (non-hydrogen) atoms. The van der Waals surface area contributed by atoms with Gasteiger partial charge in [0.05, 0.1) is 0 Å². The standard InChI is InChI=1S/C13H19O4P/c1-11(13(14)10-18(15,16)17)6-5-9-12-7-3-2-4-8-12/h2-4,7-8,11H,5-6,9-10H2,1H3,(H2,15,16,17)/t11-/m1/s1. The van der Waals surface area contributed by atoms with E-state index in [1.54, 1.807) is 6.92 Å². The average molecular weight is 270 g/mol. The fraction of sp³-hybridized carbons (Fsp3) is 0.462. The first-order chi connectivity index (χ1) is 8.38. The molecular formula is C13H19O4P. The number of carbonyl (C=O) groups excluding carboxylic acids is 1. The van der Waals surface area contributed by atoms with Crippen molar-refractivity contribution in [1.82, 2.24) is 0 Å². The first-order valence-electron chi connectivity index (χ1n) is 5.99. The van der Waals surface area contributed by atoms with Crippen molar-refractivity contribution in [2.24, 2.45) is 5.92 Å². The topological polar surface area (TPSA) is 74.6 Å². The van der Waals surface area contributed by atoms with Gasteiger partial charge in [0.15, 0.2) is 0 Å². The molecule has 0 amide bonds. The van der Waals surface area contributed by atoms with Gasteiger partial charge in [-0.05, 0) is 24.8 Å². The summed E-state index contributed by atoms with van der Waals surface area (Å²) in [7, 11) is -4.22. The molecule has 1 aromatic rings. The first kappa shape index (κ1) is 15.1. The third-order valence-corrected chi connectivity index (χ3v) is 3.58. The smallest absolute Gasteiger partial charge is 0.324 e. The van der Waals surface area contributed by atoms with Crippen LogP contribution in [-0.4, -0.2) is 21.7 Å². The lowest BCUT2D eigenvalue weighted by Gasteiger charge is -2.11. The molecule has 0 aliphatic carbocycles. The lowest BCUT2D eigenvalue weighted by molar-refractivity contribution is -0.120. The number of hydrogen-bond acceptors (Lipinski definition) is 2. The van der Waals surface area contributed by atoms with Gasteiger partial charge in [-0.15, -0.1) is 0 Å². The van der Waals surface area contributed by atoms with E-state index in [0.29, 0.717) is 6.42 Å². The van der Waals surface area contributed by atoms with Crippen molar-refractivity contribution in [3.63, 3.8) is 0 Å². The fourth-order valence-electron chi connectivity index (χ4n) is 1.78. The van der Waals surface area contributed by atoms with Crippen LogP contribution in [0.15, 0.2) is 30.3 Å². The van der Waals surface area contributed by atoms with Crippen molar-refractivity contribution in [2.75, 3.05) is 6.16 Å². The Labute approximate surface area is 107 Å². The second-order valence-corrected chi connectivity index (χ2v) is 6.21. The number of benzene rings is 1. The highest BCUT2D eigenvalue weighted by Gasteiger charge is 2.22. The van der Waals surface area contributed by atoms with Crippen LogP contribution in [0.25, 0.3) is 0 Å². The zero-order valence-corrected chi connectivity index (χ0v) is 11.3. The molecule has 5 heteroatoms. The zero-order chi connectivity index (χ0) is 13.6. The molecule has 0 heterocycles. The highest BCUT2D eigenvalue weighted by molar-refractivity contribution is 7.52. The first-order valence-corrected chi connectivity index (χ1v) is 7.79. The molecule has 1 aromatic carbocycles. The van der Waals surface area contributed by atoms with Crippen LogP contribution in [-0.2, 0) is 15.8 Å². The minimum absolute atomic E-state index is 0.290. The Kier molecular flexibility index (Phi) is 5.73. The van der Waals surface area contributed by atoms with E-state index in [0.717, 1.165) is 12.8 Å². The second kappa shape index (κ2) is 6.83. The molecule has 0 bridgehead atoms. The number of hydrogen-bond donors (Lipinski definition) is 2. The quantitative estimate of drug-likeness (QED) is 0.746. The van der Waals surface area contributed by atoms with Crippen LogP contribution in [0.4, 0.5) is 0 Å². The number of carbonyl (C=O) groups is 1. The highest BCUT2D eigenvalue weighted by Crippen LogP contribution is 2.35. The van der Waals surface area contributed by atoms with E-state index in [2.05, 4.69) is 0 Å². The van der Waals surface area contributed by atoms with E-state index in [9.17, 15) is 9.36 Å². The van der Waals surface area contributed by atoms with Gasteiger partial charge >= 0.3 is 7.60 Å². The average Bonchev–Trinajstić information content (AvgIpc) is 2.28. The Bertz CT molecular complexity index is 424. The summed E-state index contributed by atoms with van der Waals surface area (Å²) in [6.45, 7) is 1.73. The van der Waals surface area contributed by atoms with Crippen LogP contribution in [0.3, 0.4) is 0 Å². The summed E-state index contributed by atoms with van der Waals surface area (Å²) < 4.78 is 10.7. The van der Waals surface area contributed by atoms with E-state index in [4.69, 9.17) is 9.79 Å². The Morgan fingerprint density at radius 2 is 1.89 bits per heavy atom. The summed E-state index contributed by atoms with van der Waals surface area (Å²) in [5.41, 5.74) is 1.21. The van der Waals surface area contributed by atoms with E-state index in [1.807, 2.05) is 30.3 Å². The van der Waals surface area contributed by atoms with Crippen molar-refractivity contribution in [3.8, 4) is 0 Å². The van der Waals surface area contributed by atoms with Crippen molar-refractivity contribution in [3.05, 3.63) is 35.9 Å². The van der Waals surface area contributed by atoms with Crippen molar-refractivity contribution >= 4 is 13.4 Å². The van der Waals surface area contributed by atoms with E-state index >= 15 is 0 Å². The predicted octanol–water partition coefficient (Wildman–Crippen LogP) is 2.39. The molecular weight excluding hydrogens is 251 g/mol. The van der Waals surface area contributed by atoms with Crippen LogP contribution in [0, 0.1) is 5.92 Å². The van der Waals surface area contributed by atoms with Crippen molar-refractivity contribution < 1.29 is 19.1 Å². The number of ketones is 1. The van der Waals surface area contributed by atoms with Gasteiger partial charge in [0.1, 0.15) is 11.9 Å². The molecule has 100 valence electrons. The minimum Gasteiger partial charge on any atom is -0.324 e. The van der Waals surface area contributed by atoms with Crippen LogP contribution >= 0.6 is 7.60 Å². The monoisotopic (exact) mass is 270 g/mol. The number of Topliss-reactive ketones (excluding diaryl/α,β-unsaturated/α-hetero) is 1. The lowest BCUT2D eigenvalue weighted by atomic mass is 9.98. The fourth-order valence-corrected chi connectivity index (χ4v) is 2.49. The van der Waals surface area contributed by atoms with E-state index < -0.39 is 13.8 Å². The number of aryl methyl sites for hydroxylation is 1. The summed E-state index contributed by atoms with van der Waals surface area (Å²) in [6, 6.07) is 9.95. The molecule has 0 saturated heterocycles. The van der Waals surface area contributed by atoms with Crippen LogP contribution < -0.4 is 0 Å². The molecule has 1 rings (SSSR count). The Morgan fingerprint density at radius 3 is 2.44 bits per heavy atom. The summed E-state index contributed by atoms with van der Waals surface area (Å²) >= 11 is 0. The van der Waals surface area contributed by atoms with Crippen LogP contribution in [0.2, 0.25) is 0 Å². The van der Waals surface area contributed by atoms with Gasteiger partial charge in [-0.3, -0.25) is 9.36 Å². The highest BCUT2D eigenvalue weighted by atomic mass is 31.2.